The van der Waals surface area contributed by atoms with Gasteiger partial charge in [0.1, 0.15) is 18.1 Å². The highest BCUT2D eigenvalue weighted by molar-refractivity contribution is 6.36. The van der Waals surface area contributed by atoms with Crippen molar-refractivity contribution in [3.63, 3.8) is 0 Å². The average molecular weight is 551 g/mol. The summed E-state index contributed by atoms with van der Waals surface area (Å²) in [6, 6.07) is 1.21. The Morgan fingerprint density at radius 2 is 1.19 bits per heavy atom. The molecule has 222 valence electrons. The van der Waals surface area contributed by atoms with Crippen molar-refractivity contribution in [3.8, 4) is 0 Å². The van der Waals surface area contributed by atoms with Gasteiger partial charge in [0.25, 0.3) is 0 Å². The van der Waals surface area contributed by atoms with E-state index in [2.05, 4.69) is 6.92 Å². The van der Waals surface area contributed by atoms with Gasteiger partial charge >= 0.3 is 0 Å². The SMILES string of the molecule is CCCCCCCCCC(CCCOCC1CO1)C(OC)OC.COC(OC)[SiH2]CCCOCC1CO1. The third kappa shape index (κ3) is 21.4. The van der Waals surface area contributed by atoms with Crippen LogP contribution in [0.25, 0.3) is 0 Å². The Morgan fingerprint density at radius 3 is 1.70 bits per heavy atom. The maximum atomic E-state index is 5.63. The third-order valence-electron chi connectivity index (χ3n) is 6.81. The summed E-state index contributed by atoms with van der Waals surface area (Å²) in [5.41, 5.74) is 0. The predicted molar refractivity (Wildman–Crippen MR) is 150 cm³/mol. The summed E-state index contributed by atoms with van der Waals surface area (Å²) in [5.74, 6) is 0.545. The molecular formula is C28H58O8Si. The van der Waals surface area contributed by atoms with Crippen molar-refractivity contribution < 1.29 is 37.9 Å². The van der Waals surface area contributed by atoms with Crippen LogP contribution in [0.3, 0.4) is 0 Å². The van der Waals surface area contributed by atoms with Gasteiger partial charge in [-0.15, -0.1) is 0 Å². The Bertz CT molecular complexity index is 471. The lowest BCUT2D eigenvalue weighted by atomic mass is 9.95. The molecule has 2 aliphatic heterocycles. The van der Waals surface area contributed by atoms with E-state index in [1.165, 1.54) is 57.4 Å². The molecule has 0 aromatic rings. The molecule has 2 fully saturated rings. The average Bonchev–Trinajstić information content (AvgIpc) is 3.84. The molecule has 0 bridgehead atoms. The summed E-state index contributed by atoms with van der Waals surface area (Å²) >= 11 is 0. The van der Waals surface area contributed by atoms with E-state index in [0.29, 0.717) is 18.1 Å². The van der Waals surface area contributed by atoms with Gasteiger partial charge < -0.3 is 37.9 Å². The van der Waals surface area contributed by atoms with Gasteiger partial charge in [-0.25, -0.2) is 0 Å². The van der Waals surface area contributed by atoms with Crippen molar-refractivity contribution in [1.29, 1.82) is 0 Å². The number of ether oxygens (including phenoxy) is 8. The first kappa shape index (κ1) is 34.9. The molecule has 0 aromatic heterocycles. The predicted octanol–water partition coefficient (Wildman–Crippen LogP) is 4.51. The van der Waals surface area contributed by atoms with Crippen molar-refractivity contribution in [2.45, 2.75) is 108 Å². The molecule has 0 amide bonds. The topological polar surface area (TPSA) is 80.4 Å². The second-order valence-corrected chi connectivity index (χ2v) is 12.1. The van der Waals surface area contributed by atoms with E-state index < -0.39 is 0 Å². The number of hydrogen-bond donors (Lipinski definition) is 0. The molecule has 0 spiro atoms. The Hall–Kier alpha value is -0.103. The van der Waals surface area contributed by atoms with Crippen LogP contribution < -0.4 is 0 Å². The van der Waals surface area contributed by atoms with Crippen LogP contribution in [0.4, 0.5) is 0 Å². The molecule has 2 saturated heterocycles. The molecule has 8 nitrogen and oxygen atoms in total. The van der Waals surface area contributed by atoms with E-state index in [9.17, 15) is 0 Å². The molecule has 0 aromatic carbocycles. The molecule has 2 rings (SSSR count). The monoisotopic (exact) mass is 550 g/mol. The fraction of sp³-hybridized carbons (Fsp3) is 1.00. The standard InChI is InChI=1S/C19H38O4.C9H20O4Si/c1-4-5-6-7-8-9-10-12-17(19(20-2)21-3)13-11-14-22-15-18-16-23-18;1-10-9(11-2)14-5-3-4-12-6-8-7-13-8/h17-19H,4-16H2,1-3H3;8-9H,3-7,14H2,1-2H3. The van der Waals surface area contributed by atoms with E-state index in [4.69, 9.17) is 37.9 Å². The van der Waals surface area contributed by atoms with Crippen molar-refractivity contribution in [2.24, 2.45) is 5.92 Å². The van der Waals surface area contributed by atoms with Crippen LogP contribution in [0.5, 0.6) is 0 Å². The number of hydrogen-bond acceptors (Lipinski definition) is 8. The molecule has 3 unspecified atom stereocenters. The lowest BCUT2D eigenvalue weighted by Crippen LogP contribution is -2.25. The van der Waals surface area contributed by atoms with E-state index in [1.807, 2.05) is 0 Å². The lowest BCUT2D eigenvalue weighted by molar-refractivity contribution is -0.141. The van der Waals surface area contributed by atoms with Crippen LogP contribution in [0, 0.1) is 5.92 Å². The number of rotatable bonds is 26. The summed E-state index contributed by atoms with van der Waals surface area (Å²) in [4.78, 5) is 0. The first-order valence-electron chi connectivity index (χ1n) is 14.7. The van der Waals surface area contributed by atoms with E-state index in [-0.39, 0.29) is 21.7 Å². The number of unbranched alkanes of at least 4 members (excludes halogenated alkanes) is 6. The molecule has 0 N–H and O–H groups in total. The maximum absolute atomic E-state index is 5.63. The Balaban J connectivity index is 0.000000417. The Labute approximate surface area is 229 Å². The zero-order valence-corrected chi connectivity index (χ0v) is 26.0. The molecule has 2 aliphatic rings. The lowest BCUT2D eigenvalue weighted by Gasteiger charge is -2.24. The fourth-order valence-electron chi connectivity index (χ4n) is 4.31. The van der Waals surface area contributed by atoms with Gasteiger partial charge in [0.2, 0.25) is 0 Å². The van der Waals surface area contributed by atoms with Crippen LogP contribution in [0.1, 0.15) is 77.6 Å². The quantitative estimate of drug-likeness (QED) is 0.0673. The van der Waals surface area contributed by atoms with Crippen molar-refractivity contribution in [1.82, 2.24) is 0 Å². The first-order valence-corrected chi connectivity index (χ1v) is 16.5. The molecule has 0 radical (unpaired) electrons. The number of methoxy groups -OCH3 is 4. The molecular weight excluding hydrogens is 492 g/mol. The smallest absolute Gasteiger partial charge is 0.159 e. The highest BCUT2D eigenvalue weighted by Crippen LogP contribution is 2.23. The molecule has 9 heteroatoms. The Morgan fingerprint density at radius 1 is 0.676 bits per heavy atom. The summed E-state index contributed by atoms with van der Waals surface area (Å²) in [6.45, 7) is 7.18. The third-order valence-corrected chi connectivity index (χ3v) is 8.85. The molecule has 3 atom stereocenters. The minimum Gasteiger partial charge on any atom is -0.379 e. The van der Waals surface area contributed by atoms with E-state index in [1.54, 1.807) is 28.4 Å². The van der Waals surface area contributed by atoms with E-state index >= 15 is 0 Å². The zero-order valence-electron chi connectivity index (χ0n) is 24.6. The Kier molecular flexibility index (Phi) is 23.5. The van der Waals surface area contributed by atoms with Gasteiger partial charge in [0.05, 0.1) is 35.9 Å². The minimum absolute atomic E-state index is 0.0711. The van der Waals surface area contributed by atoms with Crippen molar-refractivity contribution in [3.05, 3.63) is 0 Å². The molecule has 2 heterocycles. The van der Waals surface area contributed by atoms with Crippen LogP contribution >= 0.6 is 0 Å². The summed E-state index contributed by atoms with van der Waals surface area (Å²) in [5, 5.41) is 0. The highest BCUT2D eigenvalue weighted by atomic mass is 28.2. The minimum atomic E-state index is -0.262. The fourth-order valence-corrected chi connectivity index (χ4v) is 5.61. The van der Waals surface area contributed by atoms with Crippen LogP contribution in [0.2, 0.25) is 6.04 Å². The molecule has 37 heavy (non-hydrogen) atoms. The first-order chi connectivity index (χ1) is 18.2. The van der Waals surface area contributed by atoms with Gasteiger partial charge in [0, 0.05) is 47.6 Å². The molecule has 0 saturated carbocycles. The normalized spacial score (nSPS) is 19.5. The van der Waals surface area contributed by atoms with Gasteiger partial charge in [-0.05, 0) is 25.7 Å². The van der Waals surface area contributed by atoms with Crippen molar-refractivity contribution >= 4 is 9.52 Å². The van der Waals surface area contributed by atoms with Gasteiger partial charge in [0.15, 0.2) is 6.29 Å². The van der Waals surface area contributed by atoms with Gasteiger partial charge in [-0.2, -0.15) is 0 Å². The van der Waals surface area contributed by atoms with Crippen LogP contribution in [0.15, 0.2) is 0 Å². The molecule has 0 aliphatic carbocycles. The van der Waals surface area contributed by atoms with Gasteiger partial charge in [-0.1, -0.05) is 57.9 Å². The summed E-state index contributed by atoms with van der Waals surface area (Å²) in [6.07, 6.45) is 14.6. The largest absolute Gasteiger partial charge is 0.379 e. The second kappa shape index (κ2) is 24.9. The summed E-state index contributed by atoms with van der Waals surface area (Å²) < 4.78 is 42.5. The van der Waals surface area contributed by atoms with E-state index in [0.717, 1.165) is 58.9 Å². The van der Waals surface area contributed by atoms with Gasteiger partial charge in [-0.3, -0.25) is 0 Å². The van der Waals surface area contributed by atoms with Crippen LogP contribution in [-0.4, -0.2) is 102 Å². The van der Waals surface area contributed by atoms with Crippen molar-refractivity contribution in [2.75, 3.05) is 68.1 Å². The zero-order chi connectivity index (χ0) is 27.0. The summed E-state index contributed by atoms with van der Waals surface area (Å²) in [7, 11) is 6.62. The maximum Gasteiger partial charge on any atom is 0.159 e. The number of epoxide rings is 2. The van der Waals surface area contributed by atoms with Crippen LogP contribution in [-0.2, 0) is 37.9 Å². The second-order valence-electron chi connectivity index (χ2n) is 10.1. The highest BCUT2D eigenvalue weighted by Gasteiger charge is 2.23.